The maximum Gasteiger partial charge on any atom is 0.236 e. The summed E-state index contributed by atoms with van der Waals surface area (Å²) in [5, 5.41) is 3.66. The van der Waals surface area contributed by atoms with Crippen LogP contribution >= 0.6 is 11.8 Å². The molecule has 0 aromatic heterocycles. The number of thioether (sulfide) groups is 1. The van der Waals surface area contributed by atoms with Crippen molar-refractivity contribution in [2.45, 2.75) is 50.4 Å². The van der Waals surface area contributed by atoms with Crippen LogP contribution in [0.3, 0.4) is 0 Å². The second kappa shape index (κ2) is 5.41. The zero-order chi connectivity index (χ0) is 11.5. The van der Waals surface area contributed by atoms with E-state index >= 15 is 0 Å². The Morgan fingerprint density at radius 1 is 1.38 bits per heavy atom. The van der Waals surface area contributed by atoms with E-state index in [1.807, 2.05) is 11.8 Å². The summed E-state index contributed by atoms with van der Waals surface area (Å²) in [6.07, 6.45) is 3.58. The van der Waals surface area contributed by atoms with Gasteiger partial charge in [-0.3, -0.25) is 4.79 Å². The van der Waals surface area contributed by atoms with Crippen molar-refractivity contribution in [1.82, 2.24) is 10.2 Å². The third kappa shape index (κ3) is 2.72. The fraction of sp³-hybridized carbons (Fsp3) is 0.917. The van der Waals surface area contributed by atoms with Gasteiger partial charge in [0.25, 0.3) is 0 Å². The number of rotatable bonds is 1. The highest BCUT2D eigenvalue weighted by atomic mass is 32.2. The van der Waals surface area contributed by atoms with E-state index in [-0.39, 0.29) is 5.25 Å². The molecule has 1 amide bonds. The summed E-state index contributed by atoms with van der Waals surface area (Å²) in [4.78, 5) is 14.5. The molecule has 16 heavy (non-hydrogen) atoms. The number of hydrogen-bond acceptors (Lipinski definition) is 3. The van der Waals surface area contributed by atoms with Gasteiger partial charge in [0.05, 0.1) is 5.25 Å². The van der Waals surface area contributed by atoms with Gasteiger partial charge in [-0.2, -0.15) is 0 Å². The second-order valence-electron chi connectivity index (χ2n) is 5.00. The molecule has 92 valence electrons. The monoisotopic (exact) mass is 242 g/mol. The van der Waals surface area contributed by atoms with Crippen molar-refractivity contribution < 1.29 is 4.79 Å². The van der Waals surface area contributed by atoms with Crippen LogP contribution in [-0.2, 0) is 4.79 Å². The molecule has 3 nitrogen and oxygen atoms in total. The fourth-order valence-corrected chi connectivity index (χ4v) is 3.72. The highest BCUT2D eigenvalue weighted by molar-refractivity contribution is 8.00. The van der Waals surface area contributed by atoms with Gasteiger partial charge >= 0.3 is 0 Å². The van der Waals surface area contributed by atoms with Crippen LogP contribution in [-0.4, -0.2) is 47.0 Å². The first-order valence-corrected chi connectivity index (χ1v) is 7.39. The SMILES string of the molecule is CC1CN(C(=O)C2CCCCS2)C(C)CN1. The number of nitrogens with zero attached hydrogens (tertiary/aromatic N) is 1. The summed E-state index contributed by atoms with van der Waals surface area (Å²) in [6, 6.07) is 0.792. The summed E-state index contributed by atoms with van der Waals surface area (Å²) in [5.74, 6) is 1.54. The molecule has 3 atom stereocenters. The Labute approximate surface area is 102 Å². The second-order valence-corrected chi connectivity index (χ2v) is 6.31. The van der Waals surface area contributed by atoms with Crippen molar-refractivity contribution in [2.24, 2.45) is 0 Å². The molecule has 0 aromatic rings. The van der Waals surface area contributed by atoms with E-state index in [0.717, 1.165) is 25.3 Å². The van der Waals surface area contributed by atoms with Crippen molar-refractivity contribution in [3.8, 4) is 0 Å². The molecule has 0 bridgehead atoms. The number of amides is 1. The molecule has 3 unspecified atom stereocenters. The van der Waals surface area contributed by atoms with E-state index in [4.69, 9.17) is 0 Å². The Hall–Kier alpha value is -0.220. The van der Waals surface area contributed by atoms with Crippen LogP contribution < -0.4 is 5.32 Å². The predicted octanol–water partition coefficient (Wildman–Crippen LogP) is 1.48. The number of nitrogens with one attached hydrogen (secondary N) is 1. The first-order valence-electron chi connectivity index (χ1n) is 6.34. The largest absolute Gasteiger partial charge is 0.336 e. The lowest BCUT2D eigenvalue weighted by atomic mass is 10.1. The first kappa shape index (κ1) is 12.2. The van der Waals surface area contributed by atoms with Crippen molar-refractivity contribution in [3.63, 3.8) is 0 Å². The maximum atomic E-state index is 12.4. The molecular formula is C12H22N2OS. The van der Waals surface area contributed by atoms with Crippen molar-refractivity contribution in [3.05, 3.63) is 0 Å². The van der Waals surface area contributed by atoms with E-state index in [1.54, 1.807) is 0 Å². The van der Waals surface area contributed by atoms with Gasteiger partial charge in [0.1, 0.15) is 0 Å². The van der Waals surface area contributed by atoms with Crippen LogP contribution in [0, 0.1) is 0 Å². The Morgan fingerprint density at radius 2 is 2.19 bits per heavy atom. The minimum Gasteiger partial charge on any atom is -0.336 e. The predicted molar refractivity (Wildman–Crippen MR) is 68.7 cm³/mol. The standard InChI is InChI=1S/C12H22N2OS/c1-9-8-14(10(2)7-13-9)12(15)11-5-3-4-6-16-11/h9-11,13H,3-8H2,1-2H3. The highest BCUT2D eigenvalue weighted by Gasteiger charge is 2.32. The molecule has 2 rings (SSSR count). The summed E-state index contributed by atoms with van der Waals surface area (Å²) >= 11 is 1.86. The number of hydrogen-bond donors (Lipinski definition) is 1. The highest BCUT2D eigenvalue weighted by Crippen LogP contribution is 2.27. The summed E-state index contributed by atoms with van der Waals surface area (Å²) in [5.41, 5.74) is 0. The van der Waals surface area contributed by atoms with Crippen LogP contribution in [0.1, 0.15) is 33.1 Å². The molecule has 2 saturated heterocycles. The molecule has 1 N–H and O–H groups in total. The number of carbonyl (C=O) groups is 1. The Balaban J connectivity index is 1.96. The molecule has 2 aliphatic rings. The minimum atomic E-state index is 0.238. The van der Waals surface area contributed by atoms with Gasteiger partial charge in [-0.1, -0.05) is 6.42 Å². The van der Waals surface area contributed by atoms with E-state index in [0.29, 0.717) is 18.0 Å². The summed E-state index contributed by atoms with van der Waals surface area (Å²) in [6.45, 7) is 6.10. The molecule has 2 heterocycles. The van der Waals surface area contributed by atoms with Crippen LogP contribution in [0.15, 0.2) is 0 Å². The zero-order valence-electron chi connectivity index (χ0n) is 10.2. The molecule has 0 aromatic carbocycles. The average Bonchev–Trinajstić information content (AvgIpc) is 2.32. The first-order chi connectivity index (χ1) is 7.68. The fourth-order valence-electron chi connectivity index (χ4n) is 2.45. The molecule has 2 fully saturated rings. The maximum absolute atomic E-state index is 12.4. The number of carbonyl (C=O) groups excluding carboxylic acids is 1. The lowest BCUT2D eigenvalue weighted by Crippen LogP contribution is -2.58. The number of piperazine rings is 1. The smallest absolute Gasteiger partial charge is 0.236 e. The van der Waals surface area contributed by atoms with Gasteiger partial charge in [0, 0.05) is 25.2 Å². The van der Waals surface area contributed by atoms with Crippen molar-refractivity contribution >= 4 is 17.7 Å². The van der Waals surface area contributed by atoms with E-state index in [1.165, 1.54) is 12.8 Å². The van der Waals surface area contributed by atoms with Crippen LogP contribution in [0.4, 0.5) is 0 Å². The molecule has 2 aliphatic heterocycles. The lowest BCUT2D eigenvalue weighted by Gasteiger charge is -2.39. The Morgan fingerprint density at radius 3 is 2.88 bits per heavy atom. The van der Waals surface area contributed by atoms with Crippen LogP contribution in [0.25, 0.3) is 0 Å². The van der Waals surface area contributed by atoms with E-state index in [9.17, 15) is 4.79 Å². The van der Waals surface area contributed by atoms with Gasteiger partial charge in [0.2, 0.25) is 5.91 Å². The van der Waals surface area contributed by atoms with Crippen molar-refractivity contribution in [2.75, 3.05) is 18.8 Å². The average molecular weight is 242 g/mol. The normalized spacial score (nSPS) is 36.1. The summed E-state index contributed by atoms with van der Waals surface area (Å²) in [7, 11) is 0. The van der Waals surface area contributed by atoms with Crippen molar-refractivity contribution in [1.29, 1.82) is 0 Å². The van der Waals surface area contributed by atoms with Gasteiger partial charge < -0.3 is 10.2 Å². The molecule has 0 aliphatic carbocycles. The van der Waals surface area contributed by atoms with Gasteiger partial charge in [-0.15, -0.1) is 11.8 Å². The molecule has 0 spiro atoms. The van der Waals surface area contributed by atoms with E-state index < -0.39 is 0 Å². The molecule has 0 radical (unpaired) electrons. The van der Waals surface area contributed by atoms with Gasteiger partial charge in [-0.05, 0) is 32.4 Å². The van der Waals surface area contributed by atoms with Crippen LogP contribution in [0.5, 0.6) is 0 Å². The Kier molecular flexibility index (Phi) is 4.14. The Bertz CT molecular complexity index is 253. The van der Waals surface area contributed by atoms with Gasteiger partial charge in [0.15, 0.2) is 0 Å². The van der Waals surface area contributed by atoms with Gasteiger partial charge in [-0.25, -0.2) is 0 Å². The molecule has 4 heteroatoms. The molecule has 0 saturated carbocycles. The van der Waals surface area contributed by atoms with E-state index in [2.05, 4.69) is 24.1 Å². The summed E-state index contributed by atoms with van der Waals surface area (Å²) < 4.78 is 0. The lowest BCUT2D eigenvalue weighted by molar-refractivity contribution is -0.134. The minimum absolute atomic E-state index is 0.238. The topological polar surface area (TPSA) is 32.3 Å². The zero-order valence-corrected chi connectivity index (χ0v) is 11.1. The van der Waals surface area contributed by atoms with Crippen LogP contribution in [0.2, 0.25) is 0 Å². The third-order valence-corrected chi connectivity index (χ3v) is 4.87. The third-order valence-electron chi connectivity index (χ3n) is 3.50. The quantitative estimate of drug-likeness (QED) is 0.756. The molecular weight excluding hydrogens is 220 g/mol.